The fraction of sp³-hybridized carbons (Fsp3) is 0.385. The second-order valence-corrected chi connectivity index (χ2v) is 4.41. The van der Waals surface area contributed by atoms with Crippen molar-refractivity contribution in [2.45, 2.75) is 25.8 Å². The molecular weight excluding hydrogens is 252 g/mol. The quantitative estimate of drug-likeness (QED) is 0.901. The van der Waals surface area contributed by atoms with Gasteiger partial charge in [0.05, 0.1) is 0 Å². The normalized spacial score (nSPS) is 12.6. The van der Waals surface area contributed by atoms with Crippen LogP contribution in [0.4, 0.5) is 8.78 Å². The maximum atomic E-state index is 13.5. The summed E-state index contributed by atoms with van der Waals surface area (Å²) < 4.78 is 31.3. The molecule has 6 heteroatoms. The van der Waals surface area contributed by atoms with Gasteiger partial charge in [-0.3, -0.25) is 0 Å². The molecule has 0 aliphatic carbocycles. The molecule has 2 rings (SSSR count). The lowest BCUT2D eigenvalue weighted by molar-refractivity contribution is 0.361. The van der Waals surface area contributed by atoms with Gasteiger partial charge in [-0.15, -0.1) is 0 Å². The average Bonchev–Trinajstić information content (AvgIpc) is 2.80. The first-order valence-corrected chi connectivity index (χ1v) is 6.01. The monoisotopic (exact) mass is 267 g/mol. The largest absolute Gasteiger partial charge is 0.339 e. The van der Waals surface area contributed by atoms with Gasteiger partial charge in [0, 0.05) is 24.9 Å². The number of nitrogens with one attached hydrogen (secondary N) is 1. The molecule has 1 aromatic carbocycles. The topological polar surface area (TPSA) is 51.0 Å². The van der Waals surface area contributed by atoms with Crippen LogP contribution in [0.15, 0.2) is 22.7 Å². The predicted molar refractivity (Wildman–Crippen MR) is 65.7 cm³/mol. The zero-order valence-corrected chi connectivity index (χ0v) is 10.8. The van der Waals surface area contributed by atoms with Crippen molar-refractivity contribution in [3.63, 3.8) is 0 Å². The number of halogens is 2. The first-order chi connectivity index (χ1) is 9.08. The van der Waals surface area contributed by atoms with Gasteiger partial charge in [0.2, 0.25) is 5.89 Å². The Bertz CT molecular complexity index is 557. The standard InChI is InChI=1S/C13H15F2N3O/c1-8(16-2)5-13-17-12(18-19-13)6-9-3-4-10(14)7-11(9)15/h3-4,7-8,16H,5-6H2,1-2H3. The average molecular weight is 267 g/mol. The summed E-state index contributed by atoms with van der Waals surface area (Å²) in [6.45, 7) is 1.99. The van der Waals surface area contributed by atoms with Crippen molar-refractivity contribution in [3.05, 3.63) is 47.1 Å². The second-order valence-electron chi connectivity index (χ2n) is 4.41. The summed E-state index contributed by atoms with van der Waals surface area (Å²) in [5.74, 6) is -0.309. The zero-order valence-electron chi connectivity index (χ0n) is 10.8. The van der Waals surface area contributed by atoms with Crippen LogP contribution in [0.1, 0.15) is 24.2 Å². The van der Waals surface area contributed by atoms with Crippen molar-refractivity contribution in [3.8, 4) is 0 Å². The van der Waals surface area contributed by atoms with Crippen molar-refractivity contribution < 1.29 is 13.3 Å². The van der Waals surface area contributed by atoms with E-state index in [9.17, 15) is 8.78 Å². The molecule has 19 heavy (non-hydrogen) atoms. The molecular formula is C13H15F2N3O. The number of rotatable bonds is 5. The molecule has 0 aliphatic heterocycles. The zero-order chi connectivity index (χ0) is 13.8. The maximum absolute atomic E-state index is 13.5. The van der Waals surface area contributed by atoms with Crippen LogP contribution in [-0.2, 0) is 12.8 Å². The van der Waals surface area contributed by atoms with E-state index < -0.39 is 11.6 Å². The lowest BCUT2D eigenvalue weighted by atomic mass is 10.1. The summed E-state index contributed by atoms with van der Waals surface area (Å²) in [5.41, 5.74) is 0.343. The number of hydrogen-bond acceptors (Lipinski definition) is 4. The van der Waals surface area contributed by atoms with Crippen LogP contribution < -0.4 is 5.32 Å². The highest BCUT2D eigenvalue weighted by Crippen LogP contribution is 2.13. The Labute approximate surface area is 109 Å². The Kier molecular flexibility index (Phi) is 4.21. The smallest absolute Gasteiger partial charge is 0.228 e. The van der Waals surface area contributed by atoms with E-state index in [0.717, 1.165) is 6.07 Å². The lowest BCUT2D eigenvalue weighted by Gasteiger charge is -2.04. The minimum atomic E-state index is -0.602. The molecule has 2 aromatic rings. The third-order valence-electron chi connectivity index (χ3n) is 2.85. The van der Waals surface area contributed by atoms with Crippen molar-refractivity contribution in [1.82, 2.24) is 15.5 Å². The van der Waals surface area contributed by atoms with Crippen LogP contribution in [0.3, 0.4) is 0 Å². The number of hydrogen-bond donors (Lipinski definition) is 1. The number of benzene rings is 1. The van der Waals surface area contributed by atoms with Gasteiger partial charge in [-0.1, -0.05) is 11.2 Å². The van der Waals surface area contributed by atoms with Gasteiger partial charge in [0.15, 0.2) is 5.82 Å². The van der Waals surface area contributed by atoms with Crippen molar-refractivity contribution in [2.75, 3.05) is 7.05 Å². The molecule has 0 saturated carbocycles. The molecule has 0 amide bonds. The molecule has 0 bridgehead atoms. The summed E-state index contributed by atoms with van der Waals surface area (Å²) in [7, 11) is 1.84. The third-order valence-corrected chi connectivity index (χ3v) is 2.85. The van der Waals surface area contributed by atoms with Gasteiger partial charge in [0.25, 0.3) is 0 Å². The highest BCUT2D eigenvalue weighted by atomic mass is 19.1. The Morgan fingerprint density at radius 3 is 2.84 bits per heavy atom. The molecule has 0 fully saturated rings. The highest BCUT2D eigenvalue weighted by Gasteiger charge is 2.12. The summed E-state index contributed by atoms with van der Waals surface area (Å²) >= 11 is 0. The van der Waals surface area contributed by atoms with Gasteiger partial charge < -0.3 is 9.84 Å². The summed E-state index contributed by atoms with van der Waals surface area (Å²) in [5, 5.41) is 6.85. The molecule has 0 spiro atoms. The van der Waals surface area contributed by atoms with Gasteiger partial charge in [-0.25, -0.2) is 8.78 Å². The molecule has 1 unspecified atom stereocenters. The molecule has 0 saturated heterocycles. The molecule has 0 radical (unpaired) electrons. The predicted octanol–water partition coefficient (Wildman–Crippen LogP) is 2.09. The van der Waals surface area contributed by atoms with Gasteiger partial charge in [-0.2, -0.15) is 4.98 Å². The first-order valence-electron chi connectivity index (χ1n) is 6.01. The van der Waals surface area contributed by atoms with Gasteiger partial charge in [0.1, 0.15) is 11.6 Å². The number of aromatic nitrogens is 2. The fourth-order valence-corrected chi connectivity index (χ4v) is 1.64. The van der Waals surface area contributed by atoms with E-state index in [1.165, 1.54) is 12.1 Å². The molecule has 1 heterocycles. The van der Waals surface area contributed by atoms with Crippen LogP contribution >= 0.6 is 0 Å². The van der Waals surface area contributed by atoms with Crippen molar-refractivity contribution in [2.24, 2.45) is 0 Å². The van der Waals surface area contributed by atoms with E-state index in [1.54, 1.807) is 0 Å². The van der Waals surface area contributed by atoms with Crippen LogP contribution in [0.5, 0.6) is 0 Å². The summed E-state index contributed by atoms with van der Waals surface area (Å²) in [6.07, 6.45) is 0.791. The van der Waals surface area contributed by atoms with Crippen LogP contribution in [0, 0.1) is 11.6 Å². The minimum Gasteiger partial charge on any atom is -0.339 e. The van der Waals surface area contributed by atoms with E-state index in [-0.39, 0.29) is 12.5 Å². The minimum absolute atomic E-state index is 0.184. The number of likely N-dealkylation sites (N-methyl/N-ethyl adjacent to an activating group) is 1. The summed E-state index contributed by atoms with van der Waals surface area (Å²) in [4.78, 5) is 4.18. The SMILES string of the molecule is CNC(C)Cc1nc(Cc2ccc(F)cc2F)no1. The third kappa shape index (κ3) is 3.57. The lowest BCUT2D eigenvalue weighted by Crippen LogP contribution is -2.23. The maximum Gasteiger partial charge on any atom is 0.228 e. The molecule has 102 valence electrons. The first kappa shape index (κ1) is 13.6. The van der Waals surface area contributed by atoms with Crippen molar-refractivity contribution >= 4 is 0 Å². The molecule has 4 nitrogen and oxygen atoms in total. The van der Waals surface area contributed by atoms with E-state index in [0.29, 0.717) is 23.7 Å². The van der Waals surface area contributed by atoms with E-state index in [4.69, 9.17) is 4.52 Å². The van der Waals surface area contributed by atoms with Crippen LogP contribution in [0.2, 0.25) is 0 Å². The fourth-order valence-electron chi connectivity index (χ4n) is 1.64. The molecule has 1 atom stereocenters. The highest BCUT2D eigenvalue weighted by molar-refractivity contribution is 5.21. The van der Waals surface area contributed by atoms with E-state index >= 15 is 0 Å². The number of nitrogens with zero attached hydrogens (tertiary/aromatic N) is 2. The van der Waals surface area contributed by atoms with E-state index in [1.807, 2.05) is 14.0 Å². The Morgan fingerprint density at radius 1 is 1.37 bits per heavy atom. The molecule has 0 aliphatic rings. The summed E-state index contributed by atoms with van der Waals surface area (Å²) in [6, 6.07) is 3.66. The molecule has 1 aromatic heterocycles. The van der Waals surface area contributed by atoms with E-state index in [2.05, 4.69) is 15.5 Å². The van der Waals surface area contributed by atoms with Crippen molar-refractivity contribution in [1.29, 1.82) is 0 Å². The van der Waals surface area contributed by atoms with Crippen LogP contribution in [-0.4, -0.2) is 23.2 Å². The second kappa shape index (κ2) is 5.88. The Morgan fingerprint density at radius 2 is 2.16 bits per heavy atom. The van der Waals surface area contributed by atoms with Gasteiger partial charge in [-0.05, 0) is 25.6 Å². The Balaban J connectivity index is 2.07. The van der Waals surface area contributed by atoms with Crippen LogP contribution in [0.25, 0.3) is 0 Å². The molecule has 1 N–H and O–H groups in total. The van der Waals surface area contributed by atoms with Gasteiger partial charge >= 0.3 is 0 Å². The Hall–Kier alpha value is -1.82.